The van der Waals surface area contributed by atoms with Crippen molar-refractivity contribution in [3.63, 3.8) is 0 Å². The van der Waals surface area contributed by atoms with Crippen LogP contribution in [0.1, 0.15) is 12.8 Å². The van der Waals surface area contributed by atoms with E-state index in [9.17, 15) is 4.79 Å². The van der Waals surface area contributed by atoms with Crippen molar-refractivity contribution < 1.29 is 14.3 Å². The first-order valence-electron chi connectivity index (χ1n) is 9.75. The number of ether oxygens (including phenoxy) is 2. The maximum Gasteiger partial charge on any atom is 0.225 e. The van der Waals surface area contributed by atoms with Gasteiger partial charge in [0.2, 0.25) is 5.91 Å². The van der Waals surface area contributed by atoms with E-state index in [1.165, 1.54) is 0 Å². The molecule has 2 aliphatic rings. The van der Waals surface area contributed by atoms with Crippen LogP contribution in [0.25, 0.3) is 0 Å². The van der Waals surface area contributed by atoms with Crippen LogP contribution < -0.4 is 9.64 Å². The minimum Gasteiger partial charge on any atom is -0.455 e. The van der Waals surface area contributed by atoms with E-state index in [0.717, 1.165) is 56.2 Å². The van der Waals surface area contributed by atoms with Gasteiger partial charge in [-0.25, -0.2) is 0 Å². The fourth-order valence-corrected chi connectivity index (χ4v) is 3.79. The van der Waals surface area contributed by atoms with E-state index >= 15 is 0 Å². The monoisotopic (exact) mass is 366 g/mol. The summed E-state index contributed by atoms with van der Waals surface area (Å²) in [6.07, 6.45) is 1.71. The number of para-hydroxylation sites is 3. The molecule has 0 radical (unpaired) electrons. The predicted molar refractivity (Wildman–Crippen MR) is 105 cm³/mol. The number of carbonyl (C=O) groups is 1. The summed E-state index contributed by atoms with van der Waals surface area (Å²) < 4.78 is 11.5. The second-order valence-electron chi connectivity index (χ2n) is 7.08. The molecule has 2 aliphatic heterocycles. The molecule has 0 atom stereocenters. The van der Waals surface area contributed by atoms with Crippen molar-refractivity contribution in [1.29, 1.82) is 0 Å². The van der Waals surface area contributed by atoms with Gasteiger partial charge in [-0.05, 0) is 37.1 Å². The summed E-state index contributed by atoms with van der Waals surface area (Å²) >= 11 is 0. The third-order valence-electron chi connectivity index (χ3n) is 5.34. The van der Waals surface area contributed by atoms with Crippen molar-refractivity contribution in [3.8, 4) is 11.5 Å². The number of hydrogen-bond acceptors (Lipinski definition) is 4. The summed E-state index contributed by atoms with van der Waals surface area (Å²) in [6.45, 7) is 4.58. The highest BCUT2D eigenvalue weighted by Crippen LogP contribution is 2.33. The van der Waals surface area contributed by atoms with Crippen molar-refractivity contribution in [2.75, 3.05) is 44.3 Å². The van der Waals surface area contributed by atoms with Crippen molar-refractivity contribution in [2.45, 2.75) is 12.8 Å². The van der Waals surface area contributed by atoms with E-state index < -0.39 is 0 Å². The summed E-state index contributed by atoms with van der Waals surface area (Å²) in [7, 11) is 0. The lowest BCUT2D eigenvalue weighted by molar-refractivity contribution is -0.138. The minimum atomic E-state index is 0.138. The van der Waals surface area contributed by atoms with Gasteiger partial charge in [0.15, 0.2) is 5.75 Å². The standard InChI is InChI=1S/C22H26N2O3/c25-22(18-10-16-26-17-11-18)24-14-12-23(13-15-24)20-8-4-5-9-21(20)27-19-6-2-1-3-7-19/h1-9,18H,10-17H2. The average Bonchev–Trinajstić information content (AvgIpc) is 2.75. The Balaban J connectivity index is 1.40. The van der Waals surface area contributed by atoms with Gasteiger partial charge in [-0.15, -0.1) is 0 Å². The summed E-state index contributed by atoms with van der Waals surface area (Å²) in [5.41, 5.74) is 1.08. The molecular weight excluding hydrogens is 340 g/mol. The van der Waals surface area contributed by atoms with Crippen molar-refractivity contribution in [3.05, 3.63) is 54.6 Å². The van der Waals surface area contributed by atoms with Gasteiger partial charge in [-0.3, -0.25) is 4.79 Å². The average molecular weight is 366 g/mol. The smallest absolute Gasteiger partial charge is 0.225 e. The van der Waals surface area contributed by atoms with Crippen LogP contribution in [0.4, 0.5) is 5.69 Å². The Morgan fingerprint density at radius 3 is 2.30 bits per heavy atom. The molecule has 2 heterocycles. The Morgan fingerprint density at radius 2 is 1.56 bits per heavy atom. The maximum absolute atomic E-state index is 12.7. The first-order valence-corrected chi connectivity index (χ1v) is 9.75. The van der Waals surface area contributed by atoms with Gasteiger partial charge in [0.05, 0.1) is 5.69 Å². The first kappa shape index (κ1) is 17.9. The lowest BCUT2D eigenvalue weighted by Gasteiger charge is -2.38. The van der Waals surface area contributed by atoms with E-state index in [0.29, 0.717) is 19.1 Å². The molecule has 2 saturated heterocycles. The summed E-state index contributed by atoms with van der Waals surface area (Å²) in [5, 5.41) is 0. The largest absolute Gasteiger partial charge is 0.455 e. The van der Waals surface area contributed by atoms with Gasteiger partial charge in [-0.1, -0.05) is 30.3 Å². The van der Waals surface area contributed by atoms with Crippen LogP contribution in [-0.2, 0) is 9.53 Å². The van der Waals surface area contributed by atoms with E-state index in [-0.39, 0.29) is 5.92 Å². The molecule has 5 nitrogen and oxygen atoms in total. The molecule has 0 bridgehead atoms. The number of piperazine rings is 1. The number of amides is 1. The van der Waals surface area contributed by atoms with Crippen molar-refractivity contribution in [2.24, 2.45) is 5.92 Å². The number of rotatable bonds is 4. The molecule has 0 aromatic heterocycles. The summed E-state index contributed by atoms with van der Waals surface area (Å²) in [5.74, 6) is 2.12. The van der Waals surface area contributed by atoms with Crippen LogP contribution in [0.2, 0.25) is 0 Å². The van der Waals surface area contributed by atoms with E-state index in [4.69, 9.17) is 9.47 Å². The zero-order chi connectivity index (χ0) is 18.5. The molecule has 1 amide bonds. The highest BCUT2D eigenvalue weighted by atomic mass is 16.5. The zero-order valence-corrected chi connectivity index (χ0v) is 15.5. The molecule has 2 aromatic carbocycles. The van der Waals surface area contributed by atoms with Crippen molar-refractivity contribution >= 4 is 11.6 Å². The zero-order valence-electron chi connectivity index (χ0n) is 15.5. The lowest BCUT2D eigenvalue weighted by Crippen LogP contribution is -2.51. The van der Waals surface area contributed by atoms with Crippen molar-refractivity contribution in [1.82, 2.24) is 4.90 Å². The van der Waals surface area contributed by atoms with Gasteiger partial charge < -0.3 is 19.3 Å². The van der Waals surface area contributed by atoms with E-state index in [1.807, 2.05) is 53.4 Å². The SMILES string of the molecule is O=C(C1CCOCC1)N1CCN(c2ccccc2Oc2ccccc2)CC1. The molecule has 0 N–H and O–H groups in total. The summed E-state index contributed by atoms with van der Waals surface area (Å²) in [4.78, 5) is 17.1. The maximum atomic E-state index is 12.7. The Morgan fingerprint density at radius 1 is 0.889 bits per heavy atom. The molecular formula is C22H26N2O3. The number of benzene rings is 2. The molecule has 0 saturated carbocycles. The van der Waals surface area contributed by atoms with Crippen LogP contribution in [0, 0.1) is 5.92 Å². The van der Waals surface area contributed by atoms with Gasteiger partial charge in [-0.2, -0.15) is 0 Å². The Hall–Kier alpha value is -2.53. The minimum absolute atomic E-state index is 0.138. The normalized spacial score (nSPS) is 18.4. The van der Waals surface area contributed by atoms with Gasteiger partial charge in [0.1, 0.15) is 5.75 Å². The molecule has 2 fully saturated rings. The highest BCUT2D eigenvalue weighted by molar-refractivity contribution is 5.79. The Bertz CT molecular complexity index is 751. The van der Waals surface area contributed by atoms with Gasteiger partial charge >= 0.3 is 0 Å². The Kier molecular flexibility index (Phi) is 5.58. The fourth-order valence-electron chi connectivity index (χ4n) is 3.79. The number of anilines is 1. The van der Waals surface area contributed by atoms with Gasteiger partial charge in [0, 0.05) is 45.3 Å². The van der Waals surface area contributed by atoms with Gasteiger partial charge in [0.25, 0.3) is 0 Å². The highest BCUT2D eigenvalue weighted by Gasteiger charge is 2.29. The predicted octanol–water partition coefficient (Wildman–Crippen LogP) is 3.55. The topological polar surface area (TPSA) is 42.0 Å². The second kappa shape index (κ2) is 8.44. The first-order chi connectivity index (χ1) is 13.3. The third-order valence-corrected chi connectivity index (χ3v) is 5.34. The summed E-state index contributed by atoms with van der Waals surface area (Å²) in [6, 6.07) is 18.0. The molecule has 142 valence electrons. The van der Waals surface area contributed by atoms with Crippen LogP contribution >= 0.6 is 0 Å². The quantitative estimate of drug-likeness (QED) is 0.830. The number of nitrogens with zero attached hydrogens (tertiary/aromatic N) is 2. The molecule has 4 rings (SSSR count). The molecule has 0 aliphatic carbocycles. The number of hydrogen-bond donors (Lipinski definition) is 0. The van der Waals surface area contributed by atoms with E-state index in [2.05, 4.69) is 11.0 Å². The molecule has 2 aromatic rings. The lowest BCUT2D eigenvalue weighted by atomic mass is 9.98. The van der Waals surface area contributed by atoms with Crippen LogP contribution in [0.15, 0.2) is 54.6 Å². The number of carbonyl (C=O) groups excluding carboxylic acids is 1. The van der Waals surface area contributed by atoms with Crippen LogP contribution in [0.5, 0.6) is 11.5 Å². The van der Waals surface area contributed by atoms with Crippen LogP contribution in [-0.4, -0.2) is 50.2 Å². The van der Waals surface area contributed by atoms with Crippen LogP contribution in [0.3, 0.4) is 0 Å². The molecule has 27 heavy (non-hydrogen) atoms. The molecule has 0 unspecified atom stereocenters. The molecule has 0 spiro atoms. The fraction of sp³-hybridized carbons (Fsp3) is 0.409. The Labute approximate surface area is 160 Å². The van der Waals surface area contributed by atoms with E-state index in [1.54, 1.807) is 0 Å². The second-order valence-corrected chi connectivity index (χ2v) is 7.08. The third kappa shape index (κ3) is 4.25. The molecule has 5 heteroatoms.